The first-order chi connectivity index (χ1) is 23.2. The lowest BCUT2D eigenvalue weighted by molar-refractivity contribution is 0.652. The van der Waals surface area contributed by atoms with Crippen LogP contribution in [0.4, 0.5) is 11.4 Å². The fraction of sp³-hybridized carbons (Fsp3) is 0.191. The molecule has 0 fully saturated rings. The Morgan fingerprint density at radius 2 is 1.15 bits per heavy atom. The largest absolute Gasteiger partial charge is 0.311 e. The van der Waals surface area contributed by atoms with E-state index in [0.717, 1.165) is 12.8 Å². The summed E-state index contributed by atoms with van der Waals surface area (Å²) in [5, 5.41) is 2.68. The number of hydrogen-bond acceptors (Lipinski definition) is 1. The molecule has 0 unspecified atom stereocenters. The Morgan fingerprint density at radius 1 is 0.500 bits per heavy atom. The van der Waals surface area contributed by atoms with Crippen LogP contribution in [-0.4, -0.2) is 0 Å². The molecule has 3 aliphatic carbocycles. The fourth-order valence-corrected chi connectivity index (χ4v) is 8.82. The number of aryl methyl sites for hydroxylation is 1. The Balaban J connectivity index is 1.23. The highest BCUT2D eigenvalue weighted by Gasteiger charge is 2.43. The zero-order valence-corrected chi connectivity index (χ0v) is 28.6. The van der Waals surface area contributed by atoms with Crippen molar-refractivity contribution in [3.05, 3.63) is 167 Å². The van der Waals surface area contributed by atoms with E-state index in [2.05, 4.69) is 173 Å². The zero-order chi connectivity index (χ0) is 32.8. The van der Waals surface area contributed by atoms with Crippen LogP contribution in [0.25, 0.3) is 44.2 Å². The lowest BCUT2D eigenvalue weighted by Crippen LogP contribution is -2.19. The molecular weight excluding hydrogens is 579 g/mol. The van der Waals surface area contributed by atoms with Gasteiger partial charge in [0, 0.05) is 27.9 Å². The summed E-state index contributed by atoms with van der Waals surface area (Å²) in [7, 11) is 0. The fourth-order valence-electron chi connectivity index (χ4n) is 8.82. The number of fused-ring (bicyclic) bond motifs is 8. The summed E-state index contributed by atoms with van der Waals surface area (Å²) in [5.41, 5.74) is 18.6. The molecule has 3 aliphatic rings. The summed E-state index contributed by atoms with van der Waals surface area (Å²) in [6.45, 7) is 11.9. The second-order valence-electron chi connectivity index (χ2n) is 14.9. The number of anilines is 2. The first-order valence-corrected chi connectivity index (χ1v) is 17.4. The van der Waals surface area contributed by atoms with E-state index >= 15 is 0 Å². The molecule has 1 heteroatoms. The maximum absolute atomic E-state index is 2.55. The molecule has 6 aromatic carbocycles. The van der Waals surface area contributed by atoms with Gasteiger partial charge in [-0.15, -0.1) is 0 Å². The summed E-state index contributed by atoms with van der Waals surface area (Å²) in [6, 6.07) is 43.4. The van der Waals surface area contributed by atoms with Crippen molar-refractivity contribution in [3.63, 3.8) is 0 Å². The zero-order valence-electron chi connectivity index (χ0n) is 28.6. The molecule has 0 aromatic heterocycles. The maximum atomic E-state index is 2.55. The van der Waals surface area contributed by atoms with Crippen molar-refractivity contribution in [2.24, 2.45) is 0 Å². The molecule has 0 N–H and O–H groups in total. The van der Waals surface area contributed by atoms with E-state index in [1.165, 1.54) is 89.0 Å². The molecule has 9 rings (SSSR count). The lowest BCUT2D eigenvalue weighted by atomic mass is 9.78. The highest BCUT2D eigenvalue weighted by Crippen LogP contribution is 2.58. The number of para-hydroxylation sites is 1. The van der Waals surface area contributed by atoms with E-state index in [4.69, 9.17) is 0 Å². The molecule has 0 saturated heterocycles. The molecule has 0 radical (unpaired) electrons. The van der Waals surface area contributed by atoms with Crippen LogP contribution in [0.2, 0.25) is 0 Å². The lowest BCUT2D eigenvalue weighted by Gasteiger charge is -2.29. The Bertz CT molecular complexity index is 2350. The molecule has 234 valence electrons. The first kappa shape index (κ1) is 29.0. The van der Waals surface area contributed by atoms with E-state index in [0.29, 0.717) is 0 Å². The van der Waals surface area contributed by atoms with Gasteiger partial charge in [0.1, 0.15) is 0 Å². The van der Waals surface area contributed by atoms with Gasteiger partial charge in [-0.3, -0.25) is 0 Å². The summed E-state index contributed by atoms with van der Waals surface area (Å²) in [6.07, 6.45) is 9.13. The van der Waals surface area contributed by atoms with Gasteiger partial charge >= 0.3 is 0 Å². The minimum atomic E-state index is -0.140. The third-order valence-electron chi connectivity index (χ3n) is 11.4. The van der Waals surface area contributed by atoms with E-state index in [9.17, 15) is 0 Å². The van der Waals surface area contributed by atoms with Crippen molar-refractivity contribution in [2.45, 2.75) is 58.3 Å². The Morgan fingerprint density at radius 3 is 1.92 bits per heavy atom. The van der Waals surface area contributed by atoms with Gasteiger partial charge in [-0.25, -0.2) is 0 Å². The van der Waals surface area contributed by atoms with Gasteiger partial charge in [-0.05, 0) is 140 Å². The molecule has 0 atom stereocenters. The monoisotopic (exact) mass is 619 g/mol. The quantitative estimate of drug-likeness (QED) is 0.190. The standard InChI is InChI=1S/C47H41N/c1-30-16-12-13-21-34(30)38-27-44-45(37-23-15-14-22-35(37)38)40-29-42-39(28-43(40)47(44,4)5)36-25-24-33(26-41(36)46(42,2)3)48(31-17-8-6-9-18-31)32-19-10-7-11-20-32/h6,8-10,12-29H,7,11H2,1-5H3. The average molecular weight is 620 g/mol. The molecule has 0 bridgehead atoms. The summed E-state index contributed by atoms with van der Waals surface area (Å²) in [5.74, 6) is 0. The molecule has 0 amide bonds. The van der Waals surface area contributed by atoms with Crippen molar-refractivity contribution in [2.75, 3.05) is 4.90 Å². The van der Waals surface area contributed by atoms with Crippen molar-refractivity contribution in [1.29, 1.82) is 0 Å². The van der Waals surface area contributed by atoms with Crippen LogP contribution < -0.4 is 4.90 Å². The first-order valence-electron chi connectivity index (χ1n) is 17.4. The molecule has 1 nitrogen and oxygen atoms in total. The third kappa shape index (κ3) is 4.10. The molecule has 6 aromatic rings. The molecule has 0 saturated carbocycles. The van der Waals surface area contributed by atoms with Crippen LogP contribution in [-0.2, 0) is 10.8 Å². The SMILES string of the molecule is Cc1ccccc1-c1cc2c(c3ccccc13)-c1cc3c(cc1C2(C)C)-c1ccc(N(C2=CCCC=C2)c2ccccc2)cc1C3(C)C. The number of benzene rings is 6. The molecular formula is C47H41N. The smallest absolute Gasteiger partial charge is 0.0464 e. The molecule has 0 spiro atoms. The van der Waals surface area contributed by atoms with Gasteiger partial charge in [0.2, 0.25) is 0 Å². The van der Waals surface area contributed by atoms with Gasteiger partial charge in [0.25, 0.3) is 0 Å². The Hall–Kier alpha value is -5.14. The number of nitrogens with zero attached hydrogens (tertiary/aromatic N) is 1. The van der Waals surface area contributed by atoms with Gasteiger partial charge in [-0.2, -0.15) is 0 Å². The van der Waals surface area contributed by atoms with Crippen LogP contribution in [0.5, 0.6) is 0 Å². The highest BCUT2D eigenvalue weighted by atomic mass is 15.1. The minimum Gasteiger partial charge on any atom is -0.311 e. The van der Waals surface area contributed by atoms with Gasteiger partial charge in [0.05, 0.1) is 0 Å². The van der Waals surface area contributed by atoms with Gasteiger partial charge < -0.3 is 4.90 Å². The van der Waals surface area contributed by atoms with Gasteiger partial charge in [0.15, 0.2) is 0 Å². The van der Waals surface area contributed by atoms with Crippen molar-refractivity contribution in [3.8, 4) is 33.4 Å². The van der Waals surface area contributed by atoms with Crippen LogP contribution in [0, 0.1) is 6.92 Å². The summed E-state index contributed by atoms with van der Waals surface area (Å²) < 4.78 is 0. The summed E-state index contributed by atoms with van der Waals surface area (Å²) >= 11 is 0. The van der Waals surface area contributed by atoms with E-state index < -0.39 is 0 Å². The van der Waals surface area contributed by atoms with Crippen molar-refractivity contribution < 1.29 is 0 Å². The maximum Gasteiger partial charge on any atom is 0.0464 e. The predicted molar refractivity (Wildman–Crippen MR) is 204 cm³/mol. The minimum absolute atomic E-state index is 0.127. The van der Waals surface area contributed by atoms with E-state index in [1.807, 2.05) is 0 Å². The second-order valence-corrected chi connectivity index (χ2v) is 14.9. The van der Waals surface area contributed by atoms with Crippen LogP contribution in [0.3, 0.4) is 0 Å². The number of hydrogen-bond donors (Lipinski definition) is 0. The Labute approximate surface area is 284 Å². The molecule has 0 aliphatic heterocycles. The van der Waals surface area contributed by atoms with Crippen LogP contribution >= 0.6 is 0 Å². The van der Waals surface area contributed by atoms with Gasteiger partial charge in [-0.1, -0.05) is 113 Å². The second kappa shape index (κ2) is 10.4. The average Bonchev–Trinajstić information content (AvgIpc) is 3.47. The molecule has 48 heavy (non-hydrogen) atoms. The van der Waals surface area contributed by atoms with Crippen molar-refractivity contribution in [1.82, 2.24) is 0 Å². The normalized spacial score (nSPS) is 16.2. The predicted octanol–water partition coefficient (Wildman–Crippen LogP) is 12.8. The Kier molecular flexibility index (Phi) is 6.31. The summed E-state index contributed by atoms with van der Waals surface area (Å²) in [4.78, 5) is 2.42. The molecule has 0 heterocycles. The topological polar surface area (TPSA) is 3.24 Å². The van der Waals surface area contributed by atoms with E-state index in [-0.39, 0.29) is 10.8 Å². The number of allylic oxidation sites excluding steroid dienone is 3. The van der Waals surface area contributed by atoms with Crippen LogP contribution in [0.15, 0.2) is 139 Å². The number of rotatable bonds is 4. The highest BCUT2D eigenvalue weighted by molar-refractivity contribution is 6.10. The van der Waals surface area contributed by atoms with E-state index in [1.54, 1.807) is 0 Å². The third-order valence-corrected chi connectivity index (χ3v) is 11.4. The van der Waals surface area contributed by atoms with Crippen LogP contribution in [0.1, 0.15) is 68.4 Å². The van der Waals surface area contributed by atoms with Crippen molar-refractivity contribution >= 4 is 22.1 Å².